The van der Waals surface area contributed by atoms with Crippen molar-refractivity contribution in [3.8, 4) is 0 Å². The van der Waals surface area contributed by atoms with Gasteiger partial charge in [0.15, 0.2) is 0 Å². The first-order valence-electron chi connectivity index (χ1n) is 6.04. The van der Waals surface area contributed by atoms with Gasteiger partial charge in [-0.05, 0) is 19.0 Å². The van der Waals surface area contributed by atoms with Crippen LogP contribution in [0.2, 0.25) is 0 Å². The van der Waals surface area contributed by atoms with E-state index in [1.165, 1.54) is 7.11 Å². The Bertz CT molecular complexity index is 301. The number of carbonyl (C=O) groups excluding carboxylic acids is 1. The van der Waals surface area contributed by atoms with Crippen LogP contribution in [-0.2, 0) is 14.3 Å². The smallest absolute Gasteiger partial charge is 0.309 e. The van der Waals surface area contributed by atoms with E-state index in [0.717, 1.165) is 13.1 Å². The maximum absolute atomic E-state index is 11.6. The average molecular weight is 243 g/mol. The van der Waals surface area contributed by atoms with Crippen molar-refractivity contribution in [1.29, 1.82) is 0 Å². The maximum atomic E-state index is 11.6. The zero-order valence-corrected chi connectivity index (χ0v) is 10.8. The van der Waals surface area contributed by atoms with Gasteiger partial charge in [0.1, 0.15) is 0 Å². The van der Waals surface area contributed by atoms with E-state index in [0.29, 0.717) is 0 Å². The van der Waals surface area contributed by atoms with Gasteiger partial charge in [0, 0.05) is 6.04 Å². The number of rotatable bonds is 5. The molecule has 1 saturated carbocycles. The van der Waals surface area contributed by atoms with Gasteiger partial charge in [-0.25, -0.2) is 0 Å². The molecule has 5 nitrogen and oxygen atoms in total. The predicted octanol–water partition coefficient (Wildman–Crippen LogP) is 0.837. The van der Waals surface area contributed by atoms with Gasteiger partial charge >= 0.3 is 11.9 Å². The van der Waals surface area contributed by atoms with E-state index in [9.17, 15) is 14.7 Å². The second-order valence-electron chi connectivity index (χ2n) is 4.48. The first-order chi connectivity index (χ1) is 7.99. The predicted molar refractivity (Wildman–Crippen MR) is 62.5 cm³/mol. The Labute approximate surface area is 102 Å². The fourth-order valence-electron chi connectivity index (χ4n) is 2.94. The molecule has 0 saturated heterocycles. The number of carbonyl (C=O) groups is 2. The molecule has 0 bridgehead atoms. The molecule has 5 heteroatoms. The topological polar surface area (TPSA) is 66.8 Å². The highest BCUT2D eigenvalue weighted by molar-refractivity contribution is 5.84. The van der Waals surface area contributed by atoms with Crippen molar-refractivity contribution in [1.82, 2.24) is 4.90 Å². The molecule has 1 rings (SSSR count). The maximum Gasteiger partial charge on any atom is 0.309 e. The summed E-state index contributed by atoms with van der Waals surface area (Å²) in [5, 5.41) is 9.24. The third kappa shape index (κ3) is 2.29. The molecule has 4 unspecified atom stereocenters. The summed E-state index contributed by atoms with van der Waals surface area (Å²) in [6.07, 6.45) is 0. The number of ether oxygens (including phenoxy) is 1. The van der Waals surface area contributed by atoms with Crippen molar-refractivity contribution in [2.75, 3.05) is 20.2 Å². The number of hydrogen-bond donors (Lipinski definition) is 1. The fourth-order valence-corrected chi connectivity index (χ4v) is 2.94. The van der Waals surface area contributed by atoms with Crippen LogP contribution in [0.25, 0.3) is 0 Å². The van der Waals surface area contributed by atoms with Gasteiger partial charge in [-0.1, -0.05) is 20.8 Å². The number of esters is 1. The summed E-state index contributed by atoms with van der Waals surface area (Å²) < 4.78 is 4.68. The van der Waals surface area contributed by atoms with Crippen molar-refractivity contribution >= 4 is 11.9 Å². The van der Waals surface area contributed by atoms with Crippen LogP contribution in [0.15, 0.2) is 0 Å². The van der Waals surface area contributed by atoms with Crippen molar-refractivity contribution in [2.45, 2.75) is 26.8 Å². The highest BCUT2D eigenvalue weighted by Crippen LogP contribution is 2.44. The summed E-state index contributed by atoms with van der Waals surface area (Å²) in [7, 11) is 1.30. The zero-order valence-electron chi connectivity index (χ0n) is 10.8. The van der Waals surface area contributed by atoms with Crippen LogP contribution < -0.4 is 0 Å². The quantitative estimate of drug-likeness (QED) is 0.725. The Morgan fingerprint density at radius 1 is 1.24 bits per heavy atom. The number of carboxylic acid groups (broad SMARTS) is 1. The lowest BCUT2D eigenvalue weighted by Crippen LogP contribution is -2.63. The Morgan fingerprint density at radius 3 is 2.12 bits per heavy atom. The molecule has 0 aromatic carbocycles. The van der Waals surface area contributed by atoms with Gasteiger partial charge < -0.3 is 9.84 Å². The molecule has 17 heavy (non-hydrogen) atoms. The van der Waals surface area contributed by atoms with Crippen LogP contribution in [0, 0.1) is 17.8 Å². The summed E-state index contributed by atoms with van der Waals surface area (Å²) in [4.78, 5) is 24.9. The minimum absolute atomic E-state index is 0.0310. The summed E-state index contributed by atoms with van der Waals surface area (Å²) in [5.41, 5.74) is 0. The molecule has 1 N–H and O–H groups in total. The number of hydrogen-bond acceptors (Lipinski definition) is 4. The minimum atomic E-state index is -0.907. The first kappa shape index (κ1) is 14.0. The molecule has 0 amide bonds. The third-order valence-electron chi connectivity index (χ3n) is 3.85. The van der Waals surface area contributed by atoms with Gasteiger partial charge in [0.05, 0.1) is 18.9 Å². The van der Waals surface area contributed by atoms with E-state index < -0.39 is 23.8 Å². The van der Waals surface area contributed by atoms with E-state index in [1.54, 1.807) is 0 Å². The van der Waals surface area contributed by atoms with Gasteiger partial charge in [-0.2, -0.15) is 0 Å². The number of methoxy groups -OCH3 is 1. The van der Waals surface area contributed by atoms with E-state index in [4.69, 9.17) is 0 Å². The number of nitrogens with zero attached hydrogens (tertiary/aromatic N) is 1. The number of carboxylic acids is 1. The Kier molecular flexibility index (Phi) is 4.51. The monoisotopic (exact) mass is 243 g/mol. The highest BCUT2D eigenvalue weighted by atomic mass is 16.5. The van der Waals surface area contributed by atoms with E-state index >= 15 is 0 Å². The normalized spacial score (nSPS) is 32.1. The lowest BCUT2D eigenvalue weighted by atomic mass is 9.60. The summed E-state index contributed by atoms with van der Waals surface area (Å²) in [6.45, 7) is 7.51. The Balaban J connectivity index is 2.88. The van der Waals surface area contributed by atoms with Crippen LogP contribution in [0.4, 0.5) is 0 Å². The molecule has 98 valence electrons. The molecule has 0 spiro atoms. The van der Waals surface area contributed by atoms with Crippen molar-refractivity contribution in [3.63, 3.8) is 0 Å². The molecule has 0 aromatic rings. The lowest BCUT2D eigenvalue weighted by molar-refractivity contribution is -0.178. The Morgan fingerprint density at radius 2 is 1.76 bits per heavy atom. The molecule has 0 heterocycles. The fraction of sp³-hybridized carbons (Fsp3) is 0.833. The average Bonchev–Trinajstić information content (AvgIpc) is 2.30. The summed E-state index contributed by atoms with van der Waals surface area (Å²) >= 11 is 0. The molecule has 0 aliphatic heterocycles. The first-order valence-corrected chi connectivity index (χ1v) is 6.04. The second kappa shape index (κ2) is 5.49. The van der Waals surface area contributed by atoms with Crippen molar-refractivity contribution in [2.24, 2.45) is 17.8 Å². The molecule has 4 atom stereocenters. The second-order valence-corrected chi connectivity index (χ2v) is 4.48. The molecule has 0 radical (unpaired) electrons. The molecular weight excluding hydrogens is 222 g/mol. The largest absolute Gasteiger partial charge is 0.481 e. The SMILES string of the molecule is CCN(CC)C1C(C)C(C(=O)OC)C1C(=O)O. The van der Waals surface area contributed by atoms with E-state index in [-0.39, 0.29) is 12.0 Å². The van der Waals surface area contributed by atoms with Crippen LogP contribution in [0.1, 0.15) is 20.8 Å². The molecule has 1 aliphatic carbocycles. The van der Waals surface area contributed by atoms with Crippen LogP contribution >= 0.6 is 0 Å². The molecule has 1 fully saturated rings. The van der Waals surface area contributed by atoms with E-state index in [2.05, 4.69) is 9.64 Å². The Hall–Kier alpha value is -1.10. The van der Waals surface area contributed by atoms with Crippen molar-refractivity contribution < 1.29 is 19.4 Å². The van der Waals surface area contributed by atoms with Gasteiger partial charge in [0.2, 0.25) is 0 Å². The molecular formula is C12H21NO4. The van der Waals surface area contributed by atoms with Crippen molar-refractivity contribution in [3.05, 3.63) is 0 Å². The van der Waals surface area contributed by atoms with Crippen LogP contribution in [0.3, 0.4) is 0 Å². The summed E-state index contributed by atoms with van der Waals surface area (Å²) in [5.74, 6) is -2.44. The van der Waals surface area contributed by atoms with Crippen LogP contribution in [-0.4, -0.2) is 48.2 Å². The van der Waals surface area contributed by atoms with Gasteiger partial charge in [-0.3, -0.25) is 14.5 Å². The van der Waals surface area contributed by atoms with Gasteiger partial charge in [0.25, 0.3) is 0 Å². The number of aliphatic carboxylic acids is 1. The summed E-state index contributed by atoms with van der Waals surface area (Å²) in [6, 6.07) is -0.0633. The van der Waals surface area contributed by atoms with Crippen LogP contribution in [0.5, 0.6) is 0 Å². The zero-order chi connectivity index (χ0) is 13.2. The standard InChI is InChI=1S/C12H21NO4/c1-5-13(6-2)10-7(3)8(12(16)17-4)9(10)11(14)15/h7-10H,5-6H2,1-4H3,(H,14,15). The highest BCUT2D eigenvalue weighted by Gasteiger charge is 2.57. The third-order valence-corrected chi connectivity index (χ3v) is 3.85. The molecule has 1 aliphatic rings. The lowest BCUT2D eigenvalue weighted by Gasteiger charge is -2.51. The molecule has 0 aromatic heterocycles. The minimum Gasteiger partial charge on any atom is -0.481 e. The van der Waals surface area contributed by atoms with E-state index in [1.807, 2.05) is 20.8 Å². The van der Waals surface area contributed by atoms with Gasteiger partial charge in [-0.15, -0.1) is 0 Å².